The van der Waals surface area contributed by atoms with Gasteiger partial charge in [-0.3, -0.25) is 4.79 Å². The van der Waals surface area contributed by atoms with Gasteiger partial charge in [-0.2, -0.15) is 13.2 Å². The normalized spacial score (nSPS) is 15.4. The maximum atomic E-state index is 12.1. The van der Waals surface area contributed by atoms with Crippen LogP contribution in [0, 0.1) is 0 Å². The lowest BCUT2D eigenvalue weighted by Gasteiger charge is -2.29. The molecule has 0 radical (unpaired) electrons. The number of nitrogens with zero attached hydrogens (tertiary/aromatic N) is 1. The molecule has 0 aliphatic heterocycles. The van der Waals surface area contributed by atoms with Crippen molar-refractivity contribution in [2.45, 2.75) is 38.4 Å². The summed E-state index contributed by atoms with van der Waals surface area (Å²) in [6.07, 6.45) is -4.61. The van der Waals surface area contributed by atoms with Gasteiger partial charge in [-0.1, -0.05) is 6.92 Å². The Morgan fingerprint density at radius 2 is 1.79 bits per heavy atom. The monoisotopic (exact) mass is 284 g/mol. The zero-order valence-electron chi connectivity index (χ0n) is 11.9. The summed E-state index contributed by atoms with van der Waals surface area (Å²) in [4.78, 5) is 13.2. The second-order valence-corrected chi connectivity index (χ2v) is 4.77. The van der Waals surface area contributed by atoms with E-state index >= 15 is 0 Å². The van der Waals surface area contributed by atoms with Crippen LogP contribution < -0.4 is 5.32 Å². The first-order chi connectivity index (χ1) is 8.64. The minimum absolute atomic E-state index is 0.0765. The fourth-order valence-corrected chi connectivity index (χ4v) is 1.72. The highest BCUT2D eigenvalue weighted by atomic mass is 19.4. The molecule has 0 aliphatic rings. The SMILES string of the molecule is CCNC(C)(CCN(C)CCC(F)(F)F)C(=O)OC. The number of carbonyl (C=O) groups excluding carboxylic acids is 1. The molecule has 1 N–H and O–H groups in total. The van der Waals surface area contributed by atoms with E-state index in [0.29, 0.717) is 19.5 Å². The highest BCUT2D eigenvalue weighted by molar-refractivity contribution is 5.80. The molecule has 0 saturated heterocycles. The molecule has 0 fully saturated rings. The van der Waals surface area contributed by atoms with Crippen molar-refractivity contribution >= 4 is 5.97 Å². The minimum atomic E-state index is -4.15. The van der Waals surface area contributed by atoms with Crippen LogP contribution >= 0.6 is 0 Å². The number of nitrogens with one attached hydrogen (secondary N) is 1. The van der Waals surface area contributed by atoms with Gasteiger partial charge < -0.3 is 15.0 Å². The second kappa shape index (κ2) is 7.69. The molecule has 0 aromatic carbocycles. The number of esters is 1. The summed E-state index contributed by atoms with van der Waals surface area (Å²) in [7, 11) is 2.90. The van der Waals surface area contributed by atoms with Crippen LogP contribution in [-0.2, 0) is 9.53 Å². The van der Waals surface area contributed by atoms with E-state index in [0.717, 1.165) is 0 Å². The van der Waals surface area contributed by atoms with Crippen molar-refractivity contribution in [1.29, 1.82) is 0 Å². The van der Waals surface area contributed by atoms with Crippen molar-refractivity contribution < 1.29 is 22.7 Å². The lowest BCUT2D eigenvalue weighted by atomic mass is 9.97. The highest BCUT2D eigenvalue weighted by Crippen LogP contribution is 2.20. The van der Waals surface area contributed by atoms with Crippen LogP contribution in [0.15, 0.2) is 0 Å². The summed E-state index contributed by atoms with van der Waals surface area (Å²) in [5, 5.41) is 3.01. The highest BCUT2D eigenvalue weighted by Gasteiger charge is 2.33. The molecule has 0 saturated carbocycles. The minimum Gasteiger partial charge on any atom is -0.468 e. The van der Waals surface area contributed by atoms with Crippen LogP contribution in [-0.4, -0.2) is 56.4 Å². The average Bonchev–Trinajstić information content (AvgIpc) is 2.32. The predicted octanol–water partition coefficient (Wildman–Crippen LogP) is 1.80. The molecule has 7 heteroatoms. The van der Waals surface area contributed by atoms with Crippen molar-refractivity contribution in [3.8, 4) is 0 Å². The average molecular weight is 284 g/mol. The summed E-state index contributed by atoms with van der Waals surface area (Å²) in [5.41, 5.74) is -0.865. The molecule has 0 bridgehead atoms. The molecule has 0 amide bonds. The third kappa shape index (κ3) is 7.37. The van der Waals surface area contributed by atoms with Crippen molar-refractivity contribution in [2.75, 3.05) is 33.8 Å². The third-order valence-corrected chi connectivity index (χ3v) is 2.97. The summed E-state index contributed by atoms with van der Waals surface area (Å²) >= 11 is 0. The number of methoxy groups -OCH3 is 1. The molecule has 0 aromatic rings. The van der Waals surface area contributed by atoms with Gasteiger partial charge in [-0.15, -0.1) is 0 Å². The Morgan fingerprint density at radius 1 is 1.26 bits per heavy atom. The van der Waals surface area contributed by atoms with E-state index in [4.69, 9.17) is 4.74 Å². The smallest absolute Gasteiger partial charge is 0.390 e. The molecule has 19 heavy (non-hydrogen) atoms. The lowest BCUT2D eigenvalue weighted by molar-refractivity contribution is -0.149. The first-order valence-electron chi connectivity index (χ1n) is 6.23. The van der Waals surface area contributed by atoms with Gasteiger partial charge in [0.05, 0.1) is 13.5 Å². The molecule has 0 aromatic heterocycles. The molecule has 4 nitrogen and oxygen atoms in total. The molecule has 1 atom stereocenters. The van der Waals surface area contributed by atoms with Gasteiger partial charge in [0.25, 0.3) is 0 Å². The van der Waals surface area contributed by atoms with Crippen LogP contribution in [0.25, 0.3) is 0 Å². The maximum absolute atomic E-state index is 12.1. The quantitative estimate of drug-likeness (QED) is 0.690. The van der Waals surface area contributed by atoms with Crippen molar-refractivity contribution in [3.63, 3.8) is 0 Å². The first kappa shape index (κ1) is 18.2. The molecule has 0 spiro atoms. The fourth-order valence-electron chi connectivity index (χ4n) is 1.72. The number of ether oxygens (including phenoxy) is 1. The van der Waals surface area contributed by atoms with Crippen LogP contribution in [0.2, 0.25) is 0 Å². The number of halogens is 3. The Hall–Kier alpha value is -0.820. The van der Waals surface area contributed by atoms with E-state index in [9.17, 15) is 18.0 Å². The Morgan fingerprint density at radius 3 is 2.21 bits per heavy atom. The summed E-state index contributed by atoms with van der Waals surface area (Å²) in [6, 6.07) is 0. The van der Waals surface area contributed by atoms with E-state index in [-0.39, 0.29) is 6.54 Å². The zero-order valence-corrected chi connectivity index (χ0v) is 11.9. The van der Waals surface area contributed by atoms with Crippen molar-refractivity contribution in [1.82, 2.24) is 10.2 Å². The standard InChI is InChI=1S/C12H23F3N2O2/c1-5-16-11(2,10(18)19-4)6-8-17(3)9-7-12(13,14)15/h16H,5-9H2,1-4H3. The zero-order chi connectivity index (χ0) is 15.1. The summed E-state index contributed by atoms with van der Waals surface area (Å²) in [5.74, 6) is -0.404. The Balaban J connectivity index is 4.28. The van der Waals surface area contributed by atoms with Gasteiger partial charge in [0.2, 0.25) is 0 Å². The van der Waals surface area contributed by atoms with E-state index in [1.807, 2.05) is 6.92 Å². The molecule has 0 rings (SSSR count). The molecular weight excluding hydrogens is 261 g/mol. The van der Waals surface area contributed by atoms with Crippen LogP contribution in [0.4, 0.5) is 13.2 Å². The molecule has 1 unspecified atom stereocenters. The van der Waals surface area contributed by atoms with Gasteiger partial charge in [0, 0.05) is 13.1 Å². The Bertz CT molecular complexity index is 285. The van der Waals surface area contributed by atoms with Crippen LogP contribution in [0.1, 0.15) is 26.7 Å². The number of hydrogen-bond acceptors (Lipinski definition) is 4. The number of rotatable bonds is 8. The molecule has 114 valence electrons. The van der Waals surface area contributed by atoms with E-state index in [1.54, 1.807) is 18.9 Å². The summed E-state index contributed by atoms with van der Waals surface area (Å²) < 4.78 is 41.0. The predicted molar refractivity (Wildman–Crippen MR) is 66.9 cm³/mol. The van der Waals surface area contributed by atoms with E-state index in [2.05, 4.69) is 5.32 Å². The van der Waals surface area contributed by atoms with Crippen LogP contribution in [0.5, 0.6) is 0 Å². The van der Waals surface area contributed by atoms with Gasteiger partial charge in [-0.05, 0) is 26.9 Å². The van der Waals surface area contributed by atoms with Gasteiger partial charge in [-0.25, -0.2) is 0 Å². The van der Waals surface area contributed by atoms with Crippen molar-refractivity contribution in [2.24, 2.45) is 0 Å². The Labute approximate surface area is 112 Å². The lowest BCUT2D eigenvalue weighted by Crippen LogP contribution is -2.51. The number of alkyl halides is 3. The number of hydrogen-bond donors (Lipinski definition) is 1. The van der Waals surface area contributed by atoms with E-state index in [1.165, 1.54) is 7.11 Å². The molecule has 0 heterocycles. The maximum Gasteiger partial charge on any atom is 0.390 e. The summed E-state index contributed by atoms with van der Waals surface area (Å²) in [6.45, 7) is 4.44. The topological polar surface area (TPSA) is 41.6 Å². The van der Waals surface area contributed by atoms with Gasteiger partial charge >= 0.3 is 12.1 Å². The van der Waals surface area contributed by atoms with E-state index < -0.39 is 24.1 Å². The molecule has 0 aliphatic carbocycles. The fraction of sp³-hybridized carbons (Fsp3) is 0.917. The third-order valence-electron chi connectivity index (χ3n) is 2.97. The number of likely N-dealkylation sites (N-methyl/N-ethyl adjacent to an activating group) is 1. The van der Waals surface area contributed by atoms with Crippen LogP contribution in [0.3, 0.4) is 0 Å². The second-order valence-electron chi connectivity index (χ2n) is 4.77. The Kier molecular flexibility index (Phi) is 7.36. The van der Waals surface area contributed by atoms with Gasteiger partial charge in [0.1, 0.15) is 5.54 Å². The largest absolute Gasteiger partial charge is 0.468 e. The van der Waals surface area contributed by atoms with Gasteiger partial charge in [0.15, 0.2) is 0 Å². The van der Waals surface area contributed by atoms with Crippen molar-refractivity contribution in [3.05, 3.63) is 0 Å². The first-order valence-corrected chi connectivity index (χ1v) is 6.23. The molecular formula is C12H23F3N2O2. The number of carbonyl (C=O) groups is 1.